The van der Waals surface area contributed by atoms with Crippen molar-refractivity contribution in [3.8, 4) is 0 Å². The number of carbonyl (C=O) groups excluding carboxylic acids is 1. The highest BCUT2D eigenvalue weighted by molar-refractivity contribution is 5.84. The summed E-state index contributed by atoms with van der Waals surface area (Å²) in [5, 5.41) is 3.49. The van der Waals surface area contributed by atoms with Crippen molar-refractivity contribution in [1.29, 1.82) is 0 Å². The Bertz CT molecular complexity index is 261. The molecule has 1 aliphatic carbocycles. The standard InChI is InChI=1S/C13H24N2O/c1-9(2)15-7-6-12(13(15)16)14-10(3)8-11-4-5-11/h9-12,14H,4-8H2,1-3H3. The second kappa shape index (κ2) is 4.74. The lowest BCUT2D eigenvalue weighted by Crippen LogP contribution is -2.44. The second-order valence-corrected chi connectivity index (χ2v) is 5.71. The van der Waals surface area contributed by atoms with Crippen LogP contribution in [0.25, 0.3) is 0 Å². The molecule has 1 amide bonds. The molecular weight excluding hydrogens is 200 g/mol. The van der Waals surface area contributed by atoms with Crippen LogP contribution in [0.15, 0.2) is 0 Å². The van der Waals surface area contributed by atoms with Gasteiger partial charge in [0.25, 0.3) is 0 Å². The Morgan fingerprint density at radius 2 is 2.00 bits per heavy atom. The summed E-state index contributed by atoms with van der Waals surface area (Å²) >= 11 is 0. The van der Waals surface area contributed by atoms with Crippen LogP contribution in [-0.4, -0.2) is 35.5 Å². The number of hydrogen-bond donors (Lipinski definition) is 1. The molecule has 2 unspecified atom stereocenters. The molecular formula is C13H24N2O. The van der Waals surface area contributed by atoms with E-state index in [4.69, 9.17) is 0 Å². The normalized spacial score (nSPS) is 27.9. The molecule has 16 heavy (non-hydrogen) atoms. The van der Waals surface area contributed by atoms with Crippen LogP contribution in [0.2, 0.25) is 0 Å². The molecule has 0 bridgehead atoms. The number of carbonyl (C=O) groups is 1. The molecule has 0 radical (unpaired) electrons. The fraction of sp³-hybridized carbons (Fsp3) is 0.923. The molecule has 1 heterocycles. The van der Waals surface area contributed by atoms with E-state index >= 15 is 0 Å². The number of nitrogens with zero attached hydrogens (tertiary/aromatic N) is 1. The van der Waals surface area contributed by atoms with Gasteiger partial charge >= 0.3 is 0 Å². The van der Waals surface area contributed by atoms with Gasteiger partial charge in [0.2, 0.25) is 5.91 Å². The second-order valence-electron chi connectivity index (χ2n) is 5.71. The molecule has 2 aliphatic rings. The van der Waals surface area contributed by atoms with Crippen LogP contribution in [0.4, 0.5) is 0 Å². The topological polar surface area (TPSA) is 32.3 Å². The first-order valence-corrected chi connectivity index (χ1v) is 6.64. The predicted molar refractivity (Wildman–Crippen MR) is 65.2 cm³/mol. The molecule has 2 fully saturated rings. The fourth-order valence-electron chi connectivity index (χ4n) is 2.63. The highest BCUT2D eigenvalue weighted by Gasteiger charge is 2.34. The van der Waals surface area contributed by atoms with Gasteiger partial charge in [-0.15, -0.1) is 0 Å². The molecule has 1 saturated heterocycles. The van der Waals surface area contributed by atoms with Crippen LogP contribution < -0.4 is 5.32 Å². The Balaban J connectivity index is 1.79. The summed E-state index contributed by atoms with van der Waals surface area (Å²) in [4.78, 5) is 14.0. The molecule has 0 spiro atoms. The molecule has 1 saturated carbocycles. The van der Waals surface area contributed by atoms with Crippen LogP contribution in [-0.2, 0) is 4.79 Å². The Morgan fingerprint density at radius 1 is 1.31 bits per heavy atom. The first-order valence-electron chi connectivity index (χ1n) is 6.64. The first kappa shape index (κ1) is 11.9. The third kappa shape index (κ3) is 2.76. The van der Waals surface area contributed by atoms with Crippen molar-refractivity contribution >= 4 is 5.91 Å². The van der Waals surface area contributed by atoms with E-state index in [9.17, 15) is 4.79 Å². The summed E-state index contributed by atoms with van der Waals surface area (Å²) in [6, 6.07) is 0.919. The van der Waals surface area contributed by atoms with Crippen molar-refractivity contribution in [2.45, 2.75) is 64.6 Å². The first-order chi connectivity index (χ1) is 7.58. The summed E-state index contributed by atoms with van der Waals surface area (Å²) in [7, 11) is 0. The van der Waals surface area contributed by atoms with Crippen LogP contribution in [0.3, 0.4) is 0 Å². The van der Waals surface area contributed by atoms with Gasteiger partial charge in [0, 0.05) is 18.6 Å². The van der Waals surface area contributed by atoms with E-state index < -0.39 is 0 Å². The maximum absolute atomic E-state index is 12.0. The van der Waals surface area contributed by atoms with E-state index in [0.29, 0.717) is 18.0 Å². The van der Waals surface area contributed by atoms with E-state index in [-0.39, 0.29) is 6.04 Å². The van der Waals surface area contributed by atoms with Gasteiger partial charge in [0.15, 0.2) is 0 Å². The summed E-state index contributed by atoms with van der Waals surface area (Å²) in [6.45, 7) is 7.32. The van der Waals surface area contributed by atoms with Gasteiger partial charge in [-0.1, -0.05) is 12.8 Å². The minimum Gasteiger partial charge on any atom is -0.339 e. The van der Waals surface area contributed by atoms with Crippen molar-refractivity contribution in [1.82, 2.24) is 10.2 Å². The monoisotopic (exact) mass is 224 g/mol. The fourth-order valence-corrected chi connectivity index (χ4v) is 2.63. The summed E-state index contributed by atoms with van der Waals surface area (Å²) in [5.41, 5.74) is 0. The Morgan fingerprint density at radius 3 is 2.50 bits per heavy atom. The zero-order chi connectivity index (χ0) is 11.7. The van der Waals surface area contributed by atoms with Crippen LogP contribution >= 0.6 is 0 Å². The number of hydrogen-bond acceptors (Lipinski definition) is 2. The predicted octanol–water partition coefficient (Wildman–Crippen LogP) is 1.77. The van der Waals surface area contributed by atoms with Gasteiger partial charge in [-0.05, 0) is 39.5 Å². The quantitative estimate of drug-likeness (QED) is 0.772. The number of amides is 1. The van der Waals surface area contributed by atoms with Crippen molar-refractivity contribution in [2.75, 3.05) is 6.54 Å². The lowest BCUT2D eigenvalue weighted by Gasteiger charge is -2.22. The lowest BCUT2D eigenvalue weighted by atomic mass is 10.1. The average molecular weight is 224 g/mol. The number of nitrogens with one attached hydrogen (secondary N) is 1. The maximum Gasteiger partial charge on any atom is 0.240 e. The van der Waals surface area contributed by atoms with Crippen molar-refractivity contribution in [3.05, 3.63) is 0 Å². The van der Waals surface area contributed by atoms with Gasteiger partial charge in [-0.3, -0.25) is 4.79 Å². The molecule has 0 aromatic rings. The van der Waals surface area contributed by atoms with Crippen molar-refractivity contribution < 1.29 is 4.79 Å². The Kier molecular flexibility index (Phi) is 3.53. The molecule has 0 aromatic heterocycles. The maximum atomic E-state index is 12.0. The SMILES string of the molecule is CC(CC1CC1)NC1CCN(C(C)C)C1=O. The van der Waals surface area contributed by atoms with Gasteiger partial charge in [0.05, 0.1) is 6.04 Å². The molecule has 92 valence electrons. The molecule has 3 nitrogen and oxygen atoms in total. The van der Waals surface area contributed by atoms with E-state index in [1.165, 1.54) is 19.3 Å². The van der Waals surface area contributed by atoms with Crippen LogP contribution in [0.1, 0.15) is 46.5 Å². The Hall–Kier alpha value is -0.570. The Labute approximate surface area is 98.6 Å². The average Bonchev–Trinajstić information content (AvgIpc) is 2.92. The van der Waals surface area contributed by atoms with Gasteiger partial charge in [-0.2, -0.15) is 0 Å². The van der Waals surface area contributed by atoms with E-state index in [0.717, 1.165) is 18.9 Å². The van der Waals surface area contributed by atoms with E-state index in [2.05, 4.69) is 26.1 Å². The van der Waals surface area contributed by atoms with E-state index in [1.54, 1.807) is 0 Å². The van der Waals surface area contributed by atoms with Crippen LogP contribution in [0, 0.1) is 5.92 Å². The minimum absolute atomic E-state index is 0.0798. The van der Waals surface area contributed by atoms with Crippen LogP contribution in [0.5, 0.6) is 0 Å². The summed E-state index contributed by atoms with van der Waals surface area (Å²) in [5.74, 6) is 1.23. The molecule has 1 N–H and O–H groups in total. The molecule has 1 aliphatic heterocycles. The lowest BCUT2D eigenvalue weighted by molar-refractivity contribution is -0.130. The van der Waals surface area contributed by atoms with Gasteiger partial charge < -0.3 is 10.2 Å². The minimum atomic E-state index is 0.0798. The number of rotatable bonds is 5. The molecule has 3 heteroatoms. The van der Waals surface area contributed by atoms with Gasteiger partial charge in [0.1, 0.15) is 0 Å². The third-order valence-corrected chi connectivity index (χ3v) is 3.73. The number of likely N-dealkylation sites (tertiary alicyclic amines) is 1. The smallest absolute Gasteiger partial charge is 0.240 e. The van der Waals surface area contributed by atoms with Gasteiger partial charge in [-0.25, -0.2) is 0 Å². The third-order valence-electron chi connectivity index (χ3n) is 3.73. The summed E-state index contributed by atoms with van der Waals surface area (Å²) in [6.07, 6.45) is 5.00. The highest BCUT2D eigenvalue weighted by Crippen LogP contribution is 2.33. The zero-order valence-corrected chi connectivity index (χ0v) is 10.7. The zero-order valence-electron chi connectivity index (χ0n) is 10.7. The molecule has 2 atom stereocenters. The largest absolute Gasteiger partial charge is 0.339 e. The molecule has 2 rings (SSSR count). The van der Waals surface area contributed by atoms with E-state index in [1.807, 2.05) is 4.90 Å². The molecule has 0 aromatic carbocycles. The van der Waals surface area contributed by atoms with Crippen molar-refractivity contribution in [2.24, 2.45) is 5.92 Å². The summed E-state index contributed by atoms with van der Waals surface area (Å²) < 4.78 is 0. The highest BCUT2D eigenvalue weighted by atomic mass is 16.2. The van der Waals surface area contributed by atoms with Crippen molar-refractivity contribution in [3.63, 3.8) is 0 Å².